The number of carbonyl (C=O) groups is 2. The molecule has 0 spiro atoms. The molecule has 4 N–H and O–H groups in total. The number of fused-ring (bicyclic) bond motifs is 2. The van der Waals surface area contributed by atoms with E-state index in [-0.39, 0.29) is 51.7 Å². The van der Waals surface area contributed by atoms with E-state index in [2.05, 4.69) is 51.3 Å². The summed E-state index contributed by atoms with van der Waals surface area (Å²) < 4.78 is 0. The molecular weight excluding hydrogens is 560 g/mol. The minimum atomic E-state index is -2.99. The summed E-state index contributed by atoms with van der Waals surface area (Å²) in [5.74, 6) is -4.27. The number of hydrogen-bond acceptors (Lipinski definition) is 8. The summed E-state index contributed by atoms with van der Waals surface area (Å²) in [5, 5.41) is 47.8. The van der Waals surface area contributed by atoms with Crippen molar-refractivity contribution in [1.29, 1.82) is 0 Å². The van der Waals surface area contributed by atoms with Gasteiger partial charge in [-0.2, -0.15) is 0 Å². The maximum absolute atomic E-state index is 12.6. The zero-order valence-electron chi connectivity index (χ0n) is 27.9. The normalized spacial score (nSPS) is 25.9. The van der Waals surface area contributed by atoms with Gasteiger partial charge in [-0.05, 0) is 49.2 Å². The van der Waals surface area contributed by atoms with Crippen LogP contribution in [0.5, 0.6) is 0 Å². The second-order valence-corrected chi connectivity index (χ2v) is 14.1. The molecule has 3 aliphatic rings. The lowest BCUT2D eigenvalue weighted by molar-refractivity contribution is -0.258. The molecule has 0 saturated heterocycles. The number of benzene rings is 2. The fourth-order valence-corrected chi connectivity index (χ4v) is 7.25. The Hall–Kier alpha value is -3.60. The van der Waals surface area contributed by atoms with Crippen LogP contribution in [0.2, 0.25) is 0 Å². The molecule has 238 valence electrons. The van der Waals surface area contributed by atoms with Crippen LogP contribution in [0.4, 0.5) is 22.7 Å². The summed E-state index contributed by atoms with van der Waals surface area (Å²) in [6, 6.07) is 7.17. The van der Waals surface area contributed by atoms with Crippen molar-refractivity contribution in [3.8, 4) is 0 Å². The first kappa shape index (κ1) is 31.8. The van der Waals surface area contributed by atoms with E-state index >= 15 is 0 Å². The minimum absolute atomic E-state index is 0.00732. The highest BCUT2D eigenvalue weighted by Crippen LogP contribution is 2.61. The second-order valence-electron chi connectivity index (χ2n) is 14.1. The maximum atomic E-state index is 12.6. The smallest absolute Gasteiger partial charge is 0.236 e. The van der Waals surface area contributed by atoms with E-state index in [9.17, 15) is 30.0 Å². The molecule has 0 radical (unpaired) electrons. The third kappa shape index (κ3) is 3.77. The van der Waals surface area contributed by atoms with Crippen LogP contribution in [0.15, 0.2) is 30.0 Å². The van der Waals surface area contributed by atoms with Crippen LogP contribution in [-0.4, -0.2) is 78.3 Å². The van der Waals surface area contributed by atoms with Gasteiger partial charge in [-0.25, -0.2) is 0 Å². The van der Waals surface area contributed by atoms with Gasteiger partial charge in [0.15, 0.2) is 0 Å². The molecule has 3 atom stereocenters. The van der Waals surface area contributed by atoms with Gasteiger partial charge >= 0.3 is 0 Å². The average molecular weight is 607 g/mol. The second kappa shape index (κ2) is 9.45. The van der Waals surface area contributed by atoms with Gasteiger partial charge in [0.25, 0.3) is 0 Å². The van der Waals surface area contributed by atoms with Crippen LogP contribution in [0.25, 0.3) is 5.57 Å². The molecule has 44 heavy (non-hydrogen) atoms. The van der Waals surface area contributed by atoms with Crippen LogP contribution >= 0.6 is 0 Å². The number of likely N-dealkylation sites (N-methyl/N-ethyl adjacent to an activating group) is 2. The highest BCUT2D eigenvalue weighted by molar-refractivity contribution is 6.00. The van der Waals surface area contributed by atoms with Gasteiger partial charge in [-0.3, -0.25) is 9.59 Å². The number of rotatable bonds is 4. The quantitative estimate of drug-likeness (QED) is 0.388. The molecule has 3 unspecified atom stereocenters. The summed E-state index contributed by atoms with van der Waals surface area (Å²) in [6.07, 6.45) is 0. The van der Waals surface area contributed by atoms with E-state index in [1.165, 1.54) is 30.7 Å². The van der Waals surface area contributed by atoms with E-state index in [0.29, 0.717) is 5.69 Å². The molecule has 2 aromatic rings. The summed E-state index contributed by atoms with van der Waals surface area (Å²) in [4.78, 5) is 32.1. The van der Waals surface area contributed by atoms with Crippen molar-refractivity contribution in [2.75, 3.05) is 47.8 Å². The number of nitrogens with zero attached hydrogens (tertiary/aromatic N) is 4. The summed E-state index contributed by atoms with van der Waals surface area (Å²) in [7, 11) is 7.04. The summed E-state index contributed by atoms with van der Waals surface area (Å²) in [5.41, 5.74) is 0.553. The van der Waals surface area contributed by atoms with Crippen molar-refractivity contribution in [3.63, 3.8) is 0 Å². The highest BCUT2D eigenvalue weighted by atomic mass is 16.5. The Bertz CT molecular complexity index is 1640. The van der Waals surface area contributed by atoms with E-state index in [1.807, 2.05) is 20.2 Å². The molecular formula is C34H46N4O6. The fourth-order valence-electron chi connectivity index (χ4n) is 7.25. The minimum Gasteiger partial charge on any atom is -0.508 e. The van der Waals surface area contributed by atoms with Gasteiger partial charge < -0.3 is 40.0 Å². The fraction of sp³-hybridized carbons (Fsp3) is 0.529. The molecule has 5 rings (SSSR count). The van der Waals surface area contributed by atoms with E-state index in [1.54, 1.807) is 25.2 Å². The van der Waals surface area contributed by atoms with Crippen LogP contribution < -0.4 is 19.6 Å². The van der Waals surface area contributed by atoms with Crippen molar-refractivity contribution >= 4 is 40.1 Å². The van der Waals surface area contributed by atoms with Crippen molar-refractivity contribution < 1.29 is 30.0 Å². The van der Waals surface area contributed by atoms with E-state index < -0.39 is 22.6 Å². The number of aliphatic hydroxyl groups is 4. The van der Waals surface area contributed by atoms with Crippen LogP contribution in [0.3, 0.4) is 0 Å². The highest BCUT2D eigenvalue weighted by Gasteiger charge is 2.68. The molecule has 2 heterocycles. The van der Waals surface area contributed by atoms with Gasteiger partial charge in [-0.1, -0.05) is 27.7 Å². The van der Waals surface area contributed by atoms with Crippen molar-refractivity contribution in [2.24, 2.45) is 0 Å². The standard InChI is InChI=1S/C34H46N4O6/c1-17-31(5,6)22-13-21(25(37(11)19(3)39)15-26(22)35(17)9)29-30(41)33(42,34(29,43)44)24-14-23-27(16-28(24)38(12)20(4)40)36(10)18(2)32(23,7)8/h13-18,41-44H,1-12H3. The SMILES string of the molecule is CC(=O)N(C)c1cc2c(cc1C1=C(O)C(O)(c3cc4c(cc3N(C)C(C)=O)N(C)C(C)C4(C)C)C1(O)O)C(C)(C)C(C)N2C. The van der Waals surface area contributed by atoms with Crippen molar-refractivity contribution in [1.82, 2.24) is 0 Å². The van der Waals surface area contributed by atoms with Gasteiger partial charge in [0.1, 0.15) is 5.76 Å². The first-order chi connectivity index (χ1) is 20.1. The van der Waals surface area contributed by atoms with Crippen molar-refractivity contribution in [2.45, 2.75) is 89.7 Å². The molecule has 10 nitrogen and oxygen atoms in total. The number of carbonyl (C=O) groups excluding carboxylic acids is 2. The third-order valence-corrected chi connectivity index (χ3v) is 11.4. The lowest BCUT2D eigenvalue weighted by atomic mass is 9.64. The largest absolute Gasteiger partial charge is 0.508 e. The third-order valence-electron chi connectivity index (χ3n) is 11.4. The Morgan fingerprint density at radius 2 is 1.14 bits per heavy atom. The molecule has 2 amide bonds. The Balaban J connectivity index is 1.81. The molecule has 0 aromatic heterocycles. The average Bonchev–Trinajstić information content (AvgIpc) is 3.23. The number of hydrogen-bond donors (Lipinski definition) is 4. The van der Waals surface area contributed by atoms with Crippen molar-refractivity contribution in [3.05, 3.63) is 52.3 Å². The Kier molecular flexibility index (Phi) is 6.83. The Morgan fingerprint density at radius 3 is 1.57 bits per heavy atom. The van der Waals surface area contributed by atoms with Gasteiger partial charge in [0.05, 0.1) is 16.9 Å². The molecule has 10 heteroatoms. The molecule has 2 aromatic carbocycles. The maximum Gasteiger partial charge on any atom is 0.236 e. The monoisotopic (exact) mass is 606 g/mol. The van der Waals surface area contributed by atoms with Gasteiger partial charge in [0, 0.05) is 87.5 Å². The molecule has 1 aliphatic carbocycles. The van der Waals surface area contributed by atoms with Crippen LogP contribution in [0, 0.1) is 0 Å². The number of aliphatic hydroxyl groups excluding tert-OH is 1. The summed E-state index contributed by atoms with van der Waals surface area (Å²) >= 11 is 0. The van der Waals surface area contributed by atoms with Crippen LogP contribution in [0.1, 0.15) is 77.6 Å². The van der Waals surface area contributed by atoms with E-state index in [4.69, 9.17) is 0 Å². The summed E-state index contributed by atoms with van der Waals surface area (Å²) in [6.45, 7) is 15.2. The lowest BCUT2D eigenvalue weighted by Gasteiger charge is -2.51. The molecule has 2 aliphatic heterocycles. The molecule has 0 bridgehead atoms. The van der Waals surface area contributed by atoms with Gasteiger partial charge in [0.2, 0.25) is 23.2 Å². The molecule has 0 fully saturated rings. The Labute approximate surface area is 259 Å². The molecule has 0 saturated carbocycles. The number of anilines is 4. The van der Waals surface area contributed by atoms with Crippen LogP contribution in [-0.2, 0) is 26.0 Å². The zero-order valence-corrected chi connectivity index (χ0v) is 27.9. The lowest BCUT2D eigenvalue weighted by Crippen LogP contribution is -2.62. The first-order valence-electron chi connectivity index (χ1n) is 15.0. The Morgan fingerprint density at radius 1 is 0.727 bits per heavy atom. The number of amides is 2. The van der Waals surface area contributed by atoms with Gasteiger partial charge in [-0.15, -0.1) is 0 Å². The topological polar surface area (TPSA) is 128 Å². The zero-order chi connectivity index (χ0) is 33.2. The predicted octanol–water partition coefficient (Wildman–Crippen LogP) is 3.74. The van der Waals surface area contributed by atoms with E-state index in [0.717, 1.165) is 22.5 Å². The first-order valence-corrected chi connectivity index (χ1v) is 15.0. The predicted molar refractivity (Wildman–Crippen MR) is 173 cm³/mol.